The minimum atomic E-state index is -2.01. The van der Waals surface area contributed by atoms with Crippen LogP contribution in [0.1, 0.15) is 41.6 Å². The van der Waals surface area contributed by atoms with E-state index in [0.29, 0.717) is 5.56 Å². The second kappa shape index (κ2) is 2.93. The van der Waals surface area contributed by atoms with Crippen LogP contribution in [-0.4, -0.2) is 0 Å². The summed E-state index contributed by atoms with van der Waals surface area (Å²) in [5.74, 6) is 0. The normalized spacial score (nSPS) is 16.5. The van der Waals surface area contributed by atoms with Gasteiger partial charge in [-0.05, 0) is 35.9 Å². The van der Waals surface area contributed by atoms with Crippen LogP contribution in [0.15, 0.2) is 18.2 Å². The van der Waals surface area contributed by atoms with Crippen molar-refractivity contribution in [1.29, 1.82) is 0 Å². The fourth-order valence-electron chi connectivity index (χ4n) is 1.09. The van der Waals surface area contributed by atoms with Crippen molar-refractivity contribution in [3.8, 4) is 0 Å². The van der Waals surface area contributed by atoms with Gasteiger partial charge in [-0.2, -0.15) is 0 Å². The molecule has 0 heterocycles. The van der Waals surface area contributed by atoms with Crippen molar-refractivity contribution < 1.29 is 4.11 Å². The lowest BCUT2D eigenvalue weighted by atomic mass is 9.85. The maximum atomic E-state index is 7.45. The Bertz CT molecular complexity index is 356. The van der Waals surface area contributed by atoms with Crippen molar-refractivity contribution in [3.05, 3.63) is 34.9 Å². The SMILES string of the molecule is [2H]C([2H])([2H])c1cc(C(C)(C)C)ccc1C. The van der Waals surface area contributed by atoms with Gasteiger partial charge in [-0.3, -0.25) is 0 Å². The lowest BCUT2D eigenvalue weighted by molar-refractivity contribution is 0.589. The molecule has 0 unspecified atom stereocenters. The smallest absolute Gasteiger partial charge is 0.0280 e. The van der Waals surface area contributed by atoms with Gasteiger partial charge in [0.05, 0.1) is 0 Å². The molecule has 0 aromatic heterocycles. The first-order valence-electron chi connectivity index (χ1n) is 5.74. The van der Waals surface area contributed by atoms with Crippen molar-refractivity contribution in [1.82, 2.24) is 0 Å². The van der Waals surface area contributed by atoms with Crippen LogP contribution in [0.5, 0.6) is 0 Å². The van der Waals surface area contributed by atoms with Gasteiger partial charge in [-0.1, -0.05) is 39.0 Å². The van der Waals surface area contributed by atoms with Crippen molar-refractivity contribution in [2.75, 3.05) is 0 Å². The molecular formula is C12H18. The lowest BCUT2D eigenvalue weighted by Gasteiger charge is -2.19. The fourth-order valence-corrected chi connectivity index (χ4v) is 1.09. The summed E-state index contributed by atoms with van der Waals surface area (Å²) >= 11 is 0. The Labute approximate surface area is 79.8 Å². The molecule has 0 heteroatoms. The van der Waals surface area contributed by atoms with Crippen molar-refractivity contribution in [2.24, 2.45) is 0 Å². The van der Waals surface area contributed by atoms with Gasteiger partial charge < -0.3 is 0 Å². The molecule has 0 amide bonds. The molecule has 0 bridgehead atoms. The summed E-state index contributed by atoms with van der Waals surface area (Å²) in [5.41, 5.74) is 2.37. The highest BCUT2D eigenvalue weighted by Gasteiger charge is 2.13. The summed E-state index contributed by atoms with van der Waals surface area (Å²) in [5, 5.41) is 0. The van der Waals surface area contributed by atoms with E-state index in [-0.39, 0.29) is 5.41 Å². The third-order valence-electron chi connectivity index (χ3n) is 2.10. The average Bonchev–Trinajstić information content (AvgIpc) is 2.00. The van der Waals surface area contributed by atoms with Crippen LogP contribution in [-0.2, 0) is 5.41 Å². The van der Waals surface area contributed by atoms with Crippen LogP contribution < -0.4 is 0 Å². The molecule has 0 nitrogen and oxygen atoms in total. The molecule has 0 N–H and O–H groups in total. The molecular weight excluding hydrogens is 144 g/mol. The maximum Gasteiger partial charge on any atom is 0.0280 e. The van der Waals surface area contributed by atoms with Crippen LogP contribution in [0.2, 0.25) is 0 Å². The Morgan fingerprint density at radius 2 is 1.83 bits per heavy atom. The van der Waals surface area contributed by atoms with Crippen LogP contribution in [0.4, 0.5) is 0 Å². The second-order valence-electron chi connectivity index (χ2n) is 4.28. The van der Waals surface area contributed by atoms with E-state index in [9.17, 15) is 0 Å². The molecule has 0 radical (unpaired) electrons. The third-order valence-corrected chi connectivity index (χ3v) is 2.10. The van der Waals surface area contributed by atoms with Crippen molar-refractivity contribution in [2.45, 2.75) is 40.0 Å². The molecule has 0 saturated carbocycles. The van der Waals surface area contributed by atoms with Crippen LogP contribution >= 0.6 is 0 Å². The molecule has 1 aromatic rings. The monoisotopic (exact) mass is 165 g/mol. The predicted octanol–water partition coefficient (Wildman–Crippen LogP) is 3.60. The summed E-state index contributed by atoms with van der Waals surface area (Å²) in [6.07, 6.45) is 0. The maximum absolute atomic E-state index is 7.45. The molecule has 66 valence electrons. The molecule has 1 rings (SSSR count). The topological polar surface area (TPSA) is 0 Å². The Kier molecular flexibility index (Phi) is 1.42. The molecule has 0 aliphatic carbocycles. The zero-order chi connectivity index (χ0) is 11.9. The average molecular weight is 165 g/mol. The van der Waals surface area contributed by atoms with E-state index in [2.05, 4.69) is 20.8 Å². The molecule has 0 spiro atoms. The highest BCUT2D eigenvalue weighted by Crippen LogP contribution is 2.23. The summed E-state index contributed by atoms with van der Waals surface area (Å²) < 4.78 is 22.3. The van der Waals surface area contributed by atoms with Crippen LogP contribution in [0.3, 0.4) is 0 Å². The van der Waals surface area contributed by atoms with E-state index in [1.54, 1.807) is 0 Å². The molecule has 0 atom stereocenters. The van der Waals surface area contributed by atoms with E-state index in [1.165, 1.54) is 0 Å². The summed E-state index contributed by atoms with van der Waals surface area (Å²) in [6, 6.07) is 5.70. The standard InChI is InChI=1S/C12H18/c1-9-6-7-11(8-10(9)2)12(3,4)5/h6-8H,1-5H3/i2D3. The Balaban J connectivity index is 3.30. The molecule has 0 aliphatic heterocycles. The fraction of sp³-hybridized carbons (Fsp3) is 0.500. The molecule has 0 fully saturated rings. The van der Waals surface area contributed by atoms with Crippen LogP contribution in [0, 0.1) is 13.8 Å². The number of hydrogen-bond acceptors (Lipinski definition) is 0. The number of rotatable bonds is 0. The first-order chi connectivity index (χ1) is 6.62. The van der Waals surface area contributed by atoms with Gasteiger partial charge in [0.2, 0.25) is 0 Å². The van der Waals surface area contributed by atoms with Crippen LogP contribution in [0.25, 0.3) is 0 Å². The second-order valence-corrected chi connectivity index (χ2v) is 4.28. The quantitative estimate of drug-likeness (QED) is 0.551. The van der Waals surface area contributed by atoms with E-state index >= 15 is 0 Å². The Morgan fingerprint density at radius 3 is 2.33 bits per heavy atom. The van der Waals surface area contributed by atoms with Gasteiger partial charge in [0, 0.05) is 4.11 Å². The number of benzene rings is 1. The van der Waals surface area contributed by atoms with E-state index in [4.69, 9.17) is 4.11 Å². The predicted molar refractivity (Wildman–Crippen MR) is 54.6 cm³/mol. The zero-order valence-corrected chi connectivity index (χ0v) is 8.23. The van der Waals surface area contributed by atoms with E-state index in [1.807, 2.05) is 25.1 Å². The van der Waals surface area contributed by atoms with Crippen molar-refractivity contribution >= 4 is 0 Å². The van der Waals surface area contributed by atoms with Gasteiger partial charge in [-0.25, -0.2) is 0 Å². The third kappa shape index (κ3) is 1.88. The molecule has 1 aromatic carbocycles. The first-order valence-corrected chi connectivity index (χ1v) is 4.24. The number of hydrogen-bond donors (Lipinski definition) is 0. The highest BCUT2D eigenvalue weighted by molar-refractivity contribution is 5.33. The van der Waals surface area contributed by atoms with E-state index < -0.39 is 6.85 Å². The summed E-state index contributed by atoms with van der Waals surface area (Å²) in [7, 11) is 0. The van der Waals surface area contributed by atoms with Crippen molar-refractivity contribution in [3.63, 3.8) is 0 Å². The minimum absolute atomic E-state index is 0.00625. The van der Waals surface area contributed by atoms with Gasteiger partial charge in [0.15, 0.2) is 0 Å². The largest absolute Gasteiger partial charge is 0.0588 e. The Hall–Kier alpha value is -0.780. The van der Waals surface area contributed by atoms with E-state index in [0.717, 1.165) is 11.1 Å². The summed E-state index contributed by atoms with van der Waals surface area (Å²) in [6.45, 7) is 6.09. The Morgan fingerprint density at radius 1 is 1.17 bits per heavy atom. The van der Waals surface area contributed by atoms with Gasteiger partial charge in [0.1, 0.15) is 0 Å². The lowest BCUT2D eigenvalue weighted by Crippen LogP contribution is -2.11. The highest BCUT2D eigenvalue weighted by atomic mass is 14.2. The van der Waals surface area contributed by atoms with Gasteiger partial charge >= 0.3 is 0 Å². The van der Waals surface area contributed by atoms with Gasteiger partial charge in [0.25, 0.3) is 0 Å². The minimum Gasteiger partial charge on any atom is -0.0588 e. The first kappa shape index (κ1) is 5.80. The zero-order valence-electron chi connectivity index (χ0n) is 11.2. The summed E-state index contributed by atoms with van der Waals surface area (Å²) in [4.78, 5) is 0. The molecule has 12 heavy (non-hydrogen) atoms. The number of aryl methyl sites for hydroxylation is 2. The molecule has 0 aliphatic rings. The van der Waals surface area contributed by atoms with Gasteiger partial charge in [-0.15, -0.1) is 0 Å². The molecule has 0 saturated heterocycles.